The lowest BCUT2D eigenvalue weighted by atomic mass is 10.1. The van der Waals surface area contributed by atoms with Crippen molar-refractivity contribution in [1.29, 1.82) is 0 Å². The number of hydrogen-bond donors (Lipinski definition) is 0. The molecular formula is C13H13NO6. The quantitative estimate of drug-likeness (QED) is 0.352. The predicted molar refractivity (Wildman–Crippen MR) is 69.7 cm³/mol. The monoisotopic (exact) mass is 279 g/mol. The summed E-state index contributed by atoms with van der Waals surface area (Å²) in [5.41, 5.74) is 0.586. The molecule has 0 spiro atoms. The van der Waals surface area contributed by atoms with Crippen molar-refractivity contribution in [3.63, 3.8) is 0 Å². The van der Waals surface area contributed by atoms with Crippen LogP contribution in [-0.4, -0.2) is 31.1 Å². The van der Waals surface area contributed by atoms with Gasteiger partial charge in [-0.25, -0.2) is 4.79 Å². The molecule has 106 valence electrons. The number of nitrogens with zero attached hydrogens (tertiary/aromatic N) is 1. The van der Waals surface area contributed by atoms with Crippen LogP contribution in [-0.2, 0) is 19.1 Å². The van der Waals surface area contributed by atoms with E-state index >= 15 is 0 Å². The number of rotatable bonds is 5. The summed E-state index contributed by atoms with van der Waals surface area (Å²) < 4.78 is 9.06. The van der Waals surface area contributed by atoms with Crippen molar-refractivity contribution in [1.82, 2.24) is 0 Å². The second kappa shape index (κ2) is 7.03. The summed E-state index contributed by atoms with van der Waals surface area (Å²) in [6, 6.07) is 5.55. The largest absolute Gasteiger partial charge is 0.469 e. The van der Waals surface area contributed by atoms with Crippen molar-refractivity contribution in [3.05, 3.63) is 45.5 Å². The summed E-state index contributed by atoms with van der Waals surface area (Å²) in [5.74, 6) is -1.24. The van der Waals surface area contributed by atoms with E-state index in [-0.39, 0.29) is 17.7 Å². The number of methoxy groups -OCH3 is 2. The molecule has 0 aliphatic heterocycles. The normalized spacial score (nSPS) is 10.8. The van der Waals surface area contributed by atoms with Gasteiger partial charge in [0.25, 0.3) is 5.69 Å². The van der Waals surface area contributed by atoms with E-state index in [0.29, 0.717) is 5.56 Å². The number of nitro benzene ring substituents is 1. The molecule has 1 aromatic carbocycles. The van der Waals surface area contributed by atoms with E-state index in [9.17, 15) is 19.7 Å². The molecule has 0 aliphatic rings. The van der Waals surface area contributed by atoms with Crippen LogP contribution >= 0.6 is 0 Å². The predicted octanol–water partition coefficient (Wildman–Crippen LogP) is 1.71. The van der Waals surface area contributed by atoms with E-state index in [1.165, 1.54) is 44.6 Å². The molecule has 1 aromatic rings. The maximum absolute atomic E-state index is 11.5. The molecule has 0 saturated heterocycles. The highest BCUT2D eigenvalue weighted by molar-refractivity contribution is 5.98. The molecule has 7 nitrogen and oxygen atoms in total. The van der Waals surface area contributed by atoms with Crippen molar-refractivity contribution in [2.24, 2.45) is 0 Å². The lowest BCUT2D eigenvalue weighted by Crippen LogP contribution is -2.10. The molecule has 0 saturated carbocycles. The first-order chi connectivity index (χ1) is 9.47. The third kappa shape index (κ3) is 4.20. The van der Waals surface area contributed by atoms with Crippen molar-refractivity contribution in [2.45, 2.75) is 6.42 Å². The first-order valence-electron chi connectivity index (χ1n) is 5.58. The highest BCUT2D eigenvalue weighted by Gasteiger charge is 2.15. The summed E-state index contributed by atoms with van der Waals surface area (Å²) in [5, 5.41) is 10.5. The SMILES string of the molecule is COC(=O)CC(=Cc1ccc([N+](=O)[O-])cc1)C(=O)OC. The minimum atomic E-state index is -0.659. The van der Waals surface area contributed by atoms with Crippen LogP contribution in [0, 0.1) is 10.1 Å². The second-order valence-corrected chi connectivity index (χ2v) is 3.76. The molecular weight excluding hydrogens is 266 g/mol. The van der Waals surface area contributed by atoms with Gasteiger partial charge >= 0.3 is 11.9 Å². The molecule has 0 amide bonds. The van der Waals surface area contributed by atoms with E-state index in [1.54, 1.807) is 0 Å². The van der Waals surface area contributed by atoms with Crippen LogP contribution in [0.5, 0.6) is 0 Å². The maximum atomic E-state index is 11.5. The minimum Gasteiger partial charge on any atom is -0.469 e. The fourth-order valence-electron chi connectivity index (χ4n) is 1.43. The average molecular weight is 279 g/mol. The van der Waals surface area contributed by atoms with Gasteiger partial charge in [-0.05, 0) is 23.8 Å². The van der Waals surface area contributed by atoms with Crippen LogP contribution in [0.3, 0.4) is 0 Å². The van der Waals surface area contributed by atoms with E-state index in [1.807, 2.05) is 0 Å². The number of non-ortho nitro benzene ring substituents is 1. The van der Waals surface area contributed by atoms with Gasteiger partial charge in [-0.2, -0.15) is 0 Å². The van der Waals surface area contributed by atoms with Crippen LogP contribution in [0.1, 0.15) is 12.0 Å². The number of esters is 2. The Hall–Kier alpha value is -2.70. The zero-order chi connectivity index (χ0) is 15.1. The Labute approximate surface area is 114 Å². The smallest absolute Gasteiger partial charge is 0.334 e. The highest BCUT2D eigenvalue weighted by Crippen LogP contribution is 2.16. The van der Waals surface area contributed by atoms with Gasteiger partial charge in [0.05, 0.1) is 25.6 Å². The van der Waals surface area contributed by atoms with Crippen LogP contribution < -0.4 is 0 Å². The number of ether oxygens (including phenoxy) is 2. The lowest BCUT2D eigenvalue weighted by molar-refractivity contribution is -0.384. The molecule has 7 heteroatoms. The molecule has 0 heterocycles. The Kier molecular flexibility index (Phi) is 5.40. The Morgan fingerprint density at radius 3 is 2.25 bits per heavy atom. The molecule has 0 aromatic heterocycles. The third-order valence-electron chi connectivity index (χ3n) is 2.45. The van der Waals surface area contributed by atoms with Gasteiger partial charge in [0.1, 0.15) is 0 Å². The topological polar surface area (TPSA) is 95.7 Å². The number of hydrogen-bond acceptors (Lipinski definition) is 6. The van der Waals surface area contributed by atoms with Crippen LogP contribution in [0.25, 0.3) is 6.08 Å². The van der Waals surface area contributed by atoms with Gasteiger partial charge in [0.2, 0.25) is 0 Å². The van der Waals surface area contributed by atoms with Crippen LogP contribution in [0.15, 0.2) is 29.8 Å². The Balaban J connectivity index is 3.02. The van der Waals surface area contributed by atoms with Crippen molar-refractivity contribution in [3.8, 4) is 0 Å². The summed E-state index contributed by atoms with van der Waals surface area (Å²) in [7, 11) is 2.41. The zero-order valence-corrected chi connectivity index (χ0v) is 11.0. The molecule has 0 bridgehead atoms. The average Bonchev–Trinajstić information content (AvgIpc) is 2.46. The first kappa shape index (κ1) is 15.4. The maximum Gasteiger partial charge on any atom is 0.334 e. The summed E-state index contributed by atoms with van der Waals surface area (Å²) in [6.07, 6.45) is 1.19. The molecule has 0 aliphatic carbocycles. The summed E-state index contributed by atoms with van der Waals surface area (Å²) >= 11 is 0. The van der Waals surface area contributed by atoms with Crippen LogP contribution in [0.2, 0.25) is 0 Å². The van der Waals surface area contributed by atoms with E-state index in [4.69, 9.17) is 0 Å². The fraction of sp³-hybridized carbons (Fsp3) is 0.231. The third-order valence-corrected chi connectivity index (χ3v) is 2.45. The Morgan fingerprint density at radius 1 is 1.20 bits per heavy atom. The Morgan fingerprint density at radius 2 is 1.80 bits per heavy atom. The molecule has 0 N–H and O–H groups in total. The minimum absolute atomic E-state index is 0.0604. The summed E-state index contributed by atoms with van der Waals surface area (Å²) in [4.78, 5) is 32.8. The Bertz CT molecular complexity index is 546. The molecule has 0 fully saturated rings. The summed E-state index contributed by atoms with van der Waals surface area (Å²) in [6.45, 7) is 0. The van der Waals surface area contributed by atoms with E-state index < -0.39 is 16.9 Å². The van der Waals surface area contributed by atoms with Gasteiger partial charge < -0.3 is 9.47 Å². The second-order valence-electron chi connectivity index (χ2n) is 3.76. The van der Waals surface area contributed by atoms with Gasteiger partial charge in [-0.3, -0.25) is 14.9 Å². The van der Waals surface area contributed by atoms with Gasteiger partial charge in [-0.15, -0.1) is 0 Å². The fourth-order valence-corrected chi connectivity index (χ4v) is 1.43. The van der Waals surface area contributed by atoms with Gasteiger partial charge in [-0.1, -0.05) is 0 Å². The van der Waals surface area contributed by atoms with E-state index in [2.05, 4.69) is 9.47 Å². The standard InChI is InChI=1S/C13H13NO6/c1-19-12(15)8-10(13(16)20-2)7-9-3-5-11(6-4-9)14(17)18/h3-7H,8H2,1-2H3. The first-order valence-corrected chi connectivity index (χ1v) is 5.58. The molecule has 20 heavy (non-hydrogen) atoms. The lowest BCUT2D eigenvalue weighted by Gasteiger charge is -2.04. The highest BCUT2D eigenvalue weighted by atomic mass is 16.6. The van der Waals surface area contributed by atoms with Crippen molar-refractivity contribution < 1.29 is 24.0 Å². The number of carbonyl (C=O) groups is 2. The molecule has 0 unspecified atom stereocenters. The number of carbonyl (C=O) groups excluding carboxylic acids is 2. The van der Waals surface area contributed by atoms with Crippen molar-refractivity contribution in [2.75, 3.05) is 14.2 Å². The van der Waals surface area contributed by atoms with E-state index in [0.717, 1.165) is 0 Å². The molecule has 1 rings (SSSR count). The molecule has 0 atom stereocenters. The van der Waals surface area contributed by atoms with Crippen molar-refractivity contribution >= 4 is 23.7 Å². The number of nitro groups is 1. The van der Waals surface area contributed by atoms with Gasteiger partial charge in [0, 0.05) is 17.7 Å². The molecule has 0 radical (unpaired) electrons. The zero-order valence-electron chi connectivity index (χ0n) is 11.0. The van der Waals surface area contributed by atoms with Gasteiger partial charge in [0.15, 0.2) is 0 Å². The van der Waals surface area contributed by atoms with Crippen LogP contribution in [0.4, 0.5) is 5.69 Å². The number of benzene rings is 1.